The van der Waals surface area contributed by atoms with Crippen LogP contribution < -0.4 is 10.6 Å². The van der Waals surface area contributed by atoms with Crippen LogP contribution in [0, 0.1) is 0 Å². The number of hydrogen-bond donors (Lipinski definition) is 2. The number of carbonyl (C=O) groups is 1. The molecule has 2 aromatic rings. The number of aromatic nitrogens is 1. The average molecular weight is 326 g/mol. The quantitative estimate of drug-likeness (QED) is 0.851. The van der Waals surface area contributed by atoms with Crippen LogP contribution in [0.5, 0.6) is 0 Å². The van der Waals surface area contributed by atoms with Gasteiger partial charge in [0, 0.05) is 43.8 Å². The molecule has 0 spiro atoms. The maximum Gasteiger partial charge on any atom is 0.274 e. The van der Waals surface area contributed by atoms with Crippen molar-refractivity contribution in [2.45, 2.75) is 0 Å². The smallest absolute Gasteiger partial charge is 0.274 e. The summed E-state index contributed by atoms with van der Waals surface area (Å²) in [6, 6.07) is 13.0. The number of carbonyl (C=O) groups excluding carboxylic acids is 1. The van der Waals surface area contributed by atoms with E-state index < -0.39 is 0 Å². The van der Waals surface area contributed by atoms with E-state index in [4.69, 9.17) is 4.74 Å². The number of para-hydroxylation sites is 1. The van der Waals surface area contributed by atoms with E-state index in [1.54, 1.807) is 12.3 Å². The number of hydrogen-bond acceptors (Lipinski definition) is 5. The molecular formula is C18H22N4O2. The molecule has 1 fully saturated rings. The Labute approximate surface area is 141 Å². The van der Waals surface area contributed by atoms with Gasteiger partial charge in [0.15, 0.2) is 0 Å². The number of benzene rings is 1. The fourth-order valence-corrected chi connectivity index (χ4v) is 2.56. The highest BCUT2D eigenvalue weighted by Crippen LogP contribution is 2.11. The molecule has 0 bridgehead atoms. The molecular weight excluding hydrogens is 304 g/mol. The number of amides is 1. The van der Waals surface area contributed by atoms with Gasteiger partial charge in [0.25, 0.3) is 5.91 Å². The molecule has 0 saturated carbocycles. The Kier molecular flexibility index (Phi) is 5.76. The van der Waals surface area contributed by atoms with Gasteiger partial charge in [-0.3, -0.25) is 14.7 Å². The number of nitrogens with one attached hydrogen (secondary N) is 2. The first-order valence-electron chi connectivity index (χ1n) is 8.18. The first-order valence-corrected chi connectivity index (χ1v) is 8.18. The van der Waals surface area contributed by atoms with Gasteiger partial charge in [-0.25, -0.2) is 0 Å². The zero-order valence-corrected chi connectivity index (χ0v) is 13.6. The van der Waals surface area contributed by atoms with Crippen molar-refractivity contribution in [2.75, 3.05) is 50.0 Å². The summed E-state index contributed by atoms with van der Waals surface area (Å²) in [6.45, 7) is 5.34. The zero-order chi connectivity index (χ0) is 16.6. The summed E-state index contributed by atoms with van der Waals surface area (Å²) >= 11 is 0. The number of nitrogens with zero attached hydrogens (tertiary/aromatic N) is 2. The van der Waals surface area contributed by atoms with Crippen molar-refractivity contribution in [3.8, 4) is 0 Å². The second-order valence-corrected chi connectivity index (χ2v) is 5.63. The summed E-state index contributed by atoms with van der Waals surface area (Å²) in [4.78, 5) is 18.8. The minimum absolute atomic E-state index is 0.210. The van der Waals surface area contributed by atoms with Crippen LogP contribution in [0.25, 0.3) is 0 Å². The molecule has 1 aliphatic rings. The first-order chi connectivity index (χ1) is 11.8. The molecule has 1 amide bonds. The Morgan fingerprint density at radius 1 is 1.12 bits per heavy atom. The molecule has 1 aliphatic heterocycles. The summed E-state index contributed by atoms with van der Waals surface area (Å²) in [5.74, 6) is -0.210. The van der Waals surface area contributed by atoms with Gasteiger partial charge in [0.05, 0.1) is 13.2 Å². The maximum absolute atomic E-state index is 12.3. The number of rotatable bonds is 6. The van der Waals surface area contributed by atoms with Crippen LogP contribution >= 0.6 is 0 Å². The molecule has 2 heterocycles. The second kappa shape index (κ2) is 8.42. The highest BCUT2D eigenvalue weighted by molar-refractivity contribution is 6.03. The van der Waals surface area contributed by atoms with Crippen LogP contribution in [0.1, 0.15) is 10.5 Å². The molecule has 0 atom stereocenters. The standard InChI is InChI=1S/C18H22N4O2/c23-18(21-15-4-2-1-3-5-15)17-14-16(6-7-20-17)19-8-9-22-10-12-24-13-11-22/h1-7,14H,8-13H2,(H,19,20)(H,21,23). The van der Waals surface area contributed by atoms with Crippen LogP contribution in [0.4, 0.5) is 11.4 Å². The van der Waals surface area contributed by atoms with E-state index >= 15 is 0 Å². The number of ether oxygens (including phenoxy) is 1. The third-order valence-corrected chi connectivity index (χ3v) is 3.89. The SMILES string of the molecule is O=C(Nc1ccccc1)c1cc(NCCN2CCOCC2)ccn1. The highest BCUT2D eigenvalue weighted by atomic mass is 16.5. The summed E-state index contributed by atoms with van der Waals surface area (Å²) in [5.41, 5.74) is 2.06. The first kappa shape index (κ1) is 16.4. The van der Waals surface area contributed by atoms with Crippen molar-refractivity contribution >= 4 is 17.3 Å². The molecule has 1 aromatic carbocycles. The van der Waals surface area contributed by atoms with Crippen molar-refractivity contribution in [1.82, 2.24) is 9.88 Å². The van der Waals surface area contributed by atoms with E-state index in [0.717, 1.165) is 50.8 Å². The van der Waals surface area contributed by atoms with E-state index in [1.807, 2.05) is 36.4 Å². The van der Waals surface area contributed by atoms with Crippen molar-refractivity contribution in [1.29, 1.82) is 0 Å². The number of anilines is 2. The fourth-order valence-electron chi connectivity index (χ4n) is 2.56. The molecule has 24 heavy (non-hydrogen) atoms. The average Bonchev–Trinajstić information content (AvgIpc) is 2.64. The number of pyridine rings is 1. The van der Waals surface area contributed by atoms with Crippen LogP contribution in [-0.2, 0) is 4.74 Å². The minimum Gasteiger partial charge on any atom is -0.384 e. The zero-order valence-electron chi connectivity index (χ0n) is 13.6. The van der Waals surface area contributed by atoms with Gasteiger partial charge in [-0.1, -0.05) is 18.2 Å². The molecule has 0 unspecified atom stereocenters. The largest absolute Gasteiger partial charge is 0.384 e. The van der Waals surface area contributed by atoms with Gasteiger partial charge in [-0.15, -0.1) is 0 Å². The Hall–Kier alpha value is -2.44. The number of morpholine rings is 1. The predicted octanol–water partition coefficient (Wildman–Crippen LogP) is 2.08. The van der Waals surface area contributed by atoms with Gasteiger partial charge in [-0.2, -0.15) is 0 Å². The Bertz CT molecular complexity index is 657. The van der Waals surface area contributed by atoms with Crippen molar-refractivity contribution in [2.24, 2.45) is 0 Å². The topological polar surface area (TPSA) is 66.5 Å². The summed E-state index contributed by atoms with van der Waals surface area (Å²) in [6.07, 6.45) is 1.65. The van der Waals surface area contributed by atoms with Gasteiger partial charge in [0.2, 0.25) is 0 Å². The Balaban J connectivity index is 1.52. The summed E-state index contributed by atoms with van der Waals surface area (Å²) < 4.78 is 5.34. The van der Waals surface area contributed by atoms with Crippen molar-refractivity contribution in [3.63, 3.8) is 0 Å². The van der Waals surface area contributed by atoms with E-state index in [2.05, 4.69) is 20.5 Å². The molecule has 0 radical (unpaired) electrons. The lowest BCUT2D eigenvalue weighted by atomic mass is 10.2. The van der Waals surface area contributed by atoms with Gasteiger partial charge < -0.3 is 15.4 Å². The van der Waals surface area contributed by atoms with Crippen molar-refractivity contribution < 1.29 is 9.53 Å². The van der Waals surface area contributed by atoms with Gasteiger partial charge in [0.1, 0.15) is 5.69 Å². The van der Waals surface area contributed by atoms with Crippen LogP contribution in [0.2, 0.25) is 0 Å². The monoisotopic (exact) mass is 326 g/mol. The lowest BCUT2D eigenvalue weighted by Gasteiger charge is -2.26. The molecule has 1 aromatic heterocycles. The van der Waals surface area contributed by atoms with E-state index in [-0.39, 0.29) is 5.91 Å². The Morgan fingerprint density at radius 3 is 2.71 bits per heavy atom. The van der Waals surface area contributed by atoms with E-state index in [1.165, 1.54) is 0 Å². The molecule has 2 N–H and O–H groups in total. The van der Waals surface area contributed by atoms with Gasteiger partial charge in [-0.05, 0) is 24.3 Å². The third kappa shape index (κ3) is 4.78. The summed E-state index contributed by atoms with van der Waals surface area (Å²) in [5, 5.41) is 6.19. The lowest BCUT2D eigenvalue weighted by Crippen LogP contribution is -2.39. The molecule has 0 aliphatic carbocycles. The molecule has 6 heteroatoms. The van der Waals surface area contributed by atoms with E-state index in [9.17, 15) is 4.79 Å². The van der Waals surface area contributed by atoms with Crippen LogP contribution in [0.15, 0.2) is 48.7 Å². The molecule has 126 valence electrons. The molecule has 3 rings (SSSR count). The Morgan fingerprint density at radius 2 is 1.92 bits per heavy atom. The maximum atomic E-state index is 12.3. The minimum atomic E-state index is -0.210. The lowest BCUT2D eigenvalue weighted by molar-refractivity contribution is 0.0398. The van der Waals surface area contributed by atoms with E-state index in [0.29, 0.717) is 5.69 Å². The van der Waals surface area contributed by atoms with Crippen LogP contribution in [0.3, 0.4) is 0 Å². The predicted molar refractivity (Wildman–Crippen MR) is 94.4 cm³/mol. The van der Waals surface area contributed by atoms with Crippen LogP contribution in [-0.4, -0.2) is 55.2 Å². The second-order valence-electron chi connectivity index (χ2n) is 5.63. The molecule has 1 saturated heterocycles. The highest BCUT2D eigenvalue weighted by Gasteiger charge is 2.10. The summed E-state index contributed by atoms with van der Waals surface area (Å²) in [7, 11) is 0. The molecule has 6 nitrogen and oxygen atoms in total. The van der Waals surface area contributed by atoms with Gasteiger partial charge >= 0.3 is 0 Å². The van der Waals surface area contributed by atoms with Crippen molar-refractivity contribution in [3.05, 3.63) is 54.4 Å². The third-order valence-electron chi connectivity index (χ3n) is 3.89. The normalized spacial score (nSPS) is 15.0. The fraction of sp³-hybridized carbons (Fsp3) is 0.333.